The Labute approximate surface area is 469 Å². The third-order valence-corrected chi connectivity index (χ3v) is 13.2. The minimum atomic E-state index is -0.789. The van der Waals surface area contributed by atoms with Gasteiger partial charge in [0, 0.05) is 19.3 Å². The standard InChI is InChI=1S/C70H116O6/c1-4-7-10-13-16-19-22-24-26-28-29-30-31-32-33-34-35-36-37-38-39-40-41-43-44-46-48-51-54-57-60-63-69(72)75-66-67(65-74-68(71)62-59-56-53-50-21-18-15-12-9-6-3)76-70(73)64-61-58-55-52-49-47-45-42-27-25-23-20-17-14-11-8-5-2/h7-8,10-12,15-17,19-20,24-27,29-30,32-33,35-36,67H,4-6,9,13-14,18,21-23,28,31,34,37-66H2,1-3H3/b10-7-,11-8-,15-12-,19-16-,20-17-,26-24-,27-25-,30-29-,33-32-,36-35-. The van der Waals surface area contributed by atoms with Crippen molar-refractivity contribution in [3.8, 4) is 0 Å². The molecule has 0 amide bonds. The van der Waals surface area contributed by atoms with Crippen molar-refractivity contribution in [2.24, 2.45) is 0 Å². The Balaban J connectivity index is 4.20. The van der Waals surface area contributed by atoms with Gasteiger partial charge in [-0.05, 0) is 122 Å². The molecule has 0 saturated heterocycles. The molecule has 0 aliphatic rings. The molecule has 0 spiro atoms. The van der Waals surface area contributed by atoms with Gasteiger partial charge in [0.25, 0.3) is 0 Å². The first-order valence-corrected chi connectivity index (χ1v) is 31.5. The molecule has 0 heterocycles. The van der Waals surface area contributed by atoms with Gasteiger partial charge in [-0.2, -0.15) is 0 Å². The van der Waals surface area contributed by atoms with Crippen LogP contribution in [0.2, 0.25) is 0 Å². The summed E-state index contributed by atoms with van der Waals surface area (Å²) in [6.07, 6.45) is 87.9. The van der Waals surface area contributed by atoms with Crippen LogP contribution in [-0.2, 0) is 28.6 Å². The van der Waals surface area contributed by atoms with Crippen LogP contribution in [0, 0.1) is 0 Å². The number of ether oxygens (including phenoxy) is 3. The van der Waals surface area contributed by atoms with E-state index in [9.17, 15) is 14.4 Å². The fourth-order valence-electron chi connectivity index (χ4n) is 8.52. The summed E-state index contributed by atoms with van der Waals surface area (Å²) in [6, 6.07) is 0. The van der Waals surface area contributed by atoms with Gasteiger partial charge in [-0.15, -0.1) is 0 Å². The van der Waals surface area contributed by atoms with E-state index in [4.69, 9.17) is 14.2 Å². The van der Waals surface area contributed by atoms with Gasteiger partial charge in [-0.25, -0.2) is 0 Å². The summed E-state index contributed by atoms with van der Waals surface area (Å²) in [7, 11) is 0. The van der Waals surface area contributed by atoms with Crippen LogP contribution >= 0.6 is 0 Å². The van der Waals surface area contributed by atoms with E-state index in [0.29, 0.717) is 19.3 Å². The fraction of sp³-hybridized carbons (Fsp3) is 0.671. The second-order valence-electron chi connectivity index (χ2n) is 20.5. The highest BCUT2D eigenvalue weighted by Gasteiger charge is 2.19. The van der Waals surface area contributed by atoms with E-state index in [0.717, 1.165) is 141 Å². The average Bonchev–Trinajstić information content (AvgIpc) is 3.42. The number of esters is 3. The molecule has 432 valence electrons. The van der Waals surface area contributed by atoms with Crippen molar-refractivity contribution in [2.75, 3.05) is 13.2 Å². The maximum atomic E-state index is 12.9. The molecule has 0 radical (unpaired) electrons. The first-order valence-electron chi connectivity index (χ1n) is 31.5. The molecule has 0 rings (SSSR count). The highest BCUT2D eigenvalue weighted by atomic mass is 16.6. The maximum Gasteiger partial charge on any atom is 0.306 e. The molecule has 6 nitrogen and oxygen atoms in total. The van der Waals surface area contributed by atoms with Crippen molar-refractivity contribution >= 4 is 17.9 Å². The Kier molecular flexibility index (Phi) is 59.9. The molecule has 0 aromatic carbocycles. The number of carbonyl (C=O) groups excluding carboxylic acids is 3. The van der Waals surface area contributed by atoms with Crippen LogP contribution in [0.15, 0.2) is 122 Å². The van der Waals surface area contributed by atoms with E-state index in [1.54, 1.807) is 0 Å². The molecular weight excluding hydrogens is 937 g/mol. The van der Waals surface area contributed by atoms with E-state index in [1.165, 1.54) is 103 Å². The van der Waals surface area contributed by atoms with E-state index >= 15 is 0 Å². The monoisotopic (exact) mass is 1050 g/mol. The summed E-state index contributed by atoms with van der Waals surface area (Å²) < 4.78 is 16.9. The molecule has 0 saturated carbocycles. The third-order valence-electron chi connectivity index (χ3n) is 13.2. The van der Waals surface area contributed by atoms with Crippen molar-refractivity contribution < 1.29 is 28.6 Å². The summed E-state index contributed by atoms with van der Waals surface area (Å²) in [5.41, 5.74) is 0. The minimum absolute atomic E-state index is 0.0867. The zero-order chi connectivity index (χ0) is 55.0. The van der Waals surface area contributed by atoms with Gasteiger partial charge in [-0.1, -0.05) is 264 Å². The molecule has 6 heteroatoms. The lowest BCUT2D eigenvalue weighted by Crippen LogP contribution is -2.30. The van der Waals surface area contributed by atoms with Crippen molar-refractivity contribution in [3.05, 3.63) is 122 Å². The predicted molar refractivity (Wildman–Crippen MR) is 330 cm³/mol. The van der Waals surface area contributed by atoms with Gasteiger partial charge in [0.15, 0.2) is 6.10 Å². The predicted octanol–water partition coefficient (Wildman–Crippen LogP) is 21.6. The van der Waals surface area contributed by atoms with Crippen molar-refractivity contribution in [3.63, 3.8) is 0 Å². The zero-order valence-electron chi connectivity index (χ0n) is 49.5. The highest BCUT2D eigenvalue weighted by molar-refractivity contribution is 5.71. The van der Waals surface area contributed by atoms with E-state index in [1.807, 2.05) is 0 Å². The Morgan fingerprint density at radius 2 is 0.513 bits per heavy atom. The molecule has 0 fully saturated rings. The molecule has 1 unspecified atom stereocenters. The lowest BCUT2D eigenvalue weighted by Gasteiger charge is -2.18. The third kappa shape index (κ3) is 60.7. The van der Waals surface area contributed by atoms with Gasteiger partial charge in [0.05, 0.1) is 0 Å². The van der Waals surface area contributed by atoms with Crippen LogP contribution < -0.4 is 0 Å². The van der Waals surface area contributed by atoms with Crippen molar-refractivity contribution in [1.82, 2.24) is 0 Å². The van der Waals surface area contributed by atoms with Crippen molar-refractivity contribution in [1.29, 1.82) is 0 Å². The van der Waals surface area contributed by atoms with Crippen LogP contribution in [0.3, 0.4) is 0 Å². The number of allylic oxidation sites excluding steroid dienone is 20. The van der Waals surface area contributed by atoms with Gasteiger partial charge in [0.2, 0.25) is 0 Å². The smallest absolute Gasteiger partial charge is 0.306 e. The lowest BCUT2D eigenvalue weighted by molar-refractivity contribution is -0.167. The molecular formula is C70H116O6. The van der Waals surface area contributed by atoms with Crippen LogP contribution in [0.4, 0.5) is 0 Å². The minimum Gasteiger partial charge on any atom is -0.462 e. The van der Waals surface area contributed by atoms with Crippen LogP contribution in [0.1, 0.15) is 284 Å². The molecule has 0 aromatic heterocycles. The van der Waals surface area contributed by atoms with Crippen LogP contribution in [0.5, 0.6) is 0 Å². The highest BCUT2D eigenvalue weighted by Crippen LogP contribution is 2.16. The van der Waals surface area contributed by atoms with Gasteiger partial charge in [-0.3, -0.25) is 14.4 Å². The second-order valence-corrected chi connectivity index (χ2v) is 20.5. The van der Waals surface area contributed by atoms with Crippen LogP contribution in [-0.4, -0.2) is 37.2 Å². The van der Waals surface area contributed by atoms with Gasteiger partial charge >= 0.3 is 17.9 Å². The van der Waals surface area contributed by atoms with Gasteiger partial charge in [0.1, 0.15) is 13.2 Å². The molecule has 1 atom stereocenters. The Hall–Kier alpha value is -4.19. The molecule has 0 aliphatic heterocycles. The number of hydrogen-bond donors (Lipinski definition) is 0. The lowest BCUT2D eigenvalue weighted by atomic mass is 10.0. The molecule has 0 N–H and O–H groups in total. The number of rotatable bonds is 56. The summed E-state index contributed by atoms with van der Waals surface area (Å²) in [4.78, 5) is 38.2. The fourth-order valence-corrected chi connectivity index (χ4v) is 8.52. The summed E-state index contributed by atoms with van der Waals surface area (Å²) >= 11 is 0. The largest absolute Gasteiger partial charge is 0.462 e. The summed E-state index contributed by atoms with van der Waals surface area (Å²) in [5.74, 6) is -0.907. The van der Waals surface area contributed by atoms with Crippen LogP contribution in [0.25, 0.3) is 0 Å². The average molecular weight is 1050 g/mol. The second kappa shape index (κ2) is 63.3. The van der Waals surface area contributed by atoms with Crippen molar-refractivity contribution in [2.45, 2.75) is 290 Å². The summed E-state index contributed by atoms with van der Waals surface area (Å²) in [5, 5.41) is 0. The van der Waals surface area contributed by atoms with Gasteiger partial charge < -0.3 is 14.2 Å². The molecule has 0 aromatic rings. The zero-order valence-corrected chi connectivity index (χ0v) is 49.5. The topological polar surface area (TPSA) is 78.9 Å². The molecule has 76 heavy (non-hydrogen) atoms. The Morgan fingerprint density at radius 3 is 0.816 bits per heavy atom. The maximum absolute atomic E-state index is 12.9. The summed E-state index contributed by atoms with van der Waals surface area (Å²) in [6.45, 7) is 6.34. The number of unbranched alkanes of at least 4 members (excludes halogenated alkanes) is 25. The van der Waals surface area contributed by atoms with E-state index in [-0.39, 0.29) is 31.1 Å². The first-order chi connectivity index (χ1) is 37.5. The van der Waals surface area contributed by atoms with E-state index < -0.39 is 6.10 Å². The SMILES string of the molecule is CC/C=C\C/C=C\C/C=C\C/C=C\C/C=C\C/C=C\CCCCCCCCCCCCCCC(=O)OCC(COC(=O)CCCCCCC/C=C\CCC)OC(=O)CCCCCCCCC/C=C\C/C=C\C/C=C\CC. The normalized spacial score (nSPS) is 12.9. The Morgan fingerprint density at radius 1 is 0.276 bits per heavy atom. The Bertz CT molecular complexity index is 1590. The first kappa shape index (κ1) is 71.8. The molecule has 0 aliphatic carbocycles. The quantitative estimate of drug-likeness (QED) is 0.0261. The van der Waals surface area contributed by atoms with E-state index in [2.05, 4.69) is 142 Å². The number of carbonyl (C=O) groups is 3. The number of hydrogen-bond acceptors (Lipinski definition) is 6. The molecule has 0 bridgehead atoms.